The summed E-state index contributed by atoms with van der Waals surface area (Å²) in [5.74, 6) is 0.458. The summed E-state index contributed by atoms with van der Waals surface area (Å²) >= 11 is 0. The lowest BCUT2D eigenvalue weighted by atomic mass is 10.1. The monoisotopic (exact) mass is 294 g/mol. The Bertz CT molecular complexity index is 812. The number of para-hydroxylation sites is 1. The van der Waals surface area contributed by atoms with Crippen LogP contribution in [0, 0.1) is 0 Å². The molecule has 1 aromatic heterocycles. The van der Waals surface area contributed by atoms with E-state index in [4.69, 9.17) is 9.15 Å². The summed E-state index contributed by atoms with van der Waals surface area (Å²) in [6.07, 6.45) is 0. The molecule has 0 N–H and O–H groups in total. The first-order valence-electron chi connectivity index (χ1n) is 6.89. The van der Waals surface area contributed by atoms with E-state index in [9.17, 15) is 9.59 Å². The summed E-state index contributed by atoms with van der Waals surface area (Å²) in [7, 11) is 0. The van der Waals surface area contributed by atoms with Gasteiger partial charge in [-0.05, 0) is 31.2 Å². The molecule has 0 amide bonds. The molecule has 1 heterocycles. The van der Waals surface area contributed by atoms with Gasteiger partial charge in [-0.3, -0.25) is 9.59 Å². The maximum atomic E-state index is 12.1. The molecule has 3 aromatic rings. The fraction of sp³-hybridized carbons (Fsp3) is 0.111. The first-order valence-corrected chi connectivity index (χ1v) is 6.89. The number of rotatable bonds is 5. The third kappa shape index (κ3) is 2.91. The van der Waals surface area contributed by atoms with Gasteiger partial charge < -0.3 is 9.15 Å². The molecule has 22 heavy (non-hydrogen) atoms. The second kappa shape index (κ2) is 5.85. The average Bonchev–Trinajstić information content (AvgIpc) is 2.97. The minimum absolute atomic E-state index is 0.0472. The first-order chi connectivity index (χ1) is 10.6. The standard InChI is InChI=1S/C18H14O4/c1-12(19)13-6-4-7-15(9-13)21-11-16(20)18-10-14-5-2-3-8-17(14)22-18/h2-10H,11H2,1H3. The molecule has 0 bridgehead atoms. The number of carbonyl (C=O) groups is 2. The second-order valence-electron chi connectivity index (χ2n) is 4.94. The Balaban J connectivity index is 1.72. The van der Waals surface area contributed by atoms with Crippen molar-refractivity contribution in [1.29, 1.82) is 0 Å². The highest BCUT2D eigenvalue weighted by molar-refractivity contribution is 5.98. The topological polar surface area (TPSA) is 56.5 Å². The molecule has 0 aliphatic rings. The molecule has 110 valence electrons. The summed E-state index contributed by atoms with van der Waals surface area (Å²) in [6, 6.07) is 15.9. The Hall–Kier alpha value is -2.88. The van der Waals surface area contributed by atoms with Crippen LogP contribution in [0.3, 0.4) is 0 Å². The minimum Gasteiger partial charge on any atom is -0.485 e. The summed E-state index contributed by atoms with van der Waals surface area (Å²) in [6.45, 7) is 1.35. The number of carbonyl (C=O) groups excluding carboxylic acids is 2. The van der Waals surface area contributed by atoms with Gasteiger partial charge in [0.1, 0.15) is 11.3 Å². The molecule has 0 radical (unpaired) electrons. The predicted octanol–water partition coefficient (Wildman–Crippen LogP) is 3.90. The van der Waals surface area contributed by atoms with Crippen LogP contribution in [0.4, 0.5) is 0 Å². The third-order valence-electron chi connectivity index (χ3n) is 3.31. The Labute approximate surface area is 127 Å². The molecule has 0 aliphatic heterocycles. The van der Waals surface area contributed by atoms with Crippen molar-refractivity contribution < 1.29 is 18.7 Å². The quantitative estimate of drug-likeness (QED) is 0.670. The van der Waals surface area contributed by atoms with E-state index in [1.54, 1.807) is 30.3 Å². The third-order valence-corrected chi connectivity index (χ3v) is 3.31. The van der Waals surface area contributed by atoms with E-state index in [1.807, 2.05) is 24.3 Å². The lowest BCUT2D eigenvalue weighted by Crippen LogP contribution is -2.10. The fourth-order valence-electron chi connectivity index (χ4n) is 2.14. The van der Waals surface area contributed by atoms with Gasteiger partial charge in [0.05, 0.1) is 0 Å². The van der Waals surface area contributed by atoms with Crippen molar-refractivity contribution in [3.05, 3.63) is 65.9 Å². The Morgan fingerprint density at radius 2 is 1.86 bits per heavy atom. The Morgan fingerprint density at radius 1 is 1.05 bits per heavy atom. The van der Waals surface area contributed by atoms with Gasteiger partial charge in [0, 0.05) is 10.9 Å². The van der Waals surface area contributed by atoms with Crippen LogP contribution < -0.4 is 4.74 Å². The van der Waals surface area contributed by atoms with Crippen molar-refractivity contribution in [2.45, 2.75) is 6.92 Å². The molecule has 4 heteroatoms. The molecular formula is C18H14O4. The van der Waals surface area contributed by atoms with E-state index in [0.717, 1.165) is 5.39 Å². The molecule has 0 aliphatic carbocycles. The van der Waals surface area contributed by atoms with Crippen molar-refractivity contribution in [3.8, 4) is 5.75 Å². The second-order valence-corrected chi connectivity index (χ2v) is 4.94. The maximum Gasteiger partial charge on any atom is 0.235 e. The Kier molecular flexibility index (Phi) is 3.74. The van der Waals surface area contributed by atoms with Crippen LogP contribution in [-0.2, 0) is 0 Å². The summed E-state index contributed by atoms with van der Waals surface area (Å²) < 4.78 is 10.9. The molecule has 2 aromatic carbocycles. The number of fused-ring (bicyclic) bond motifs is 1. The number of ketones is 2. The highest BCUT2D eigenvalue weighted by atomic mass is 16.5. The summed E-state index contributed by atoms with van der Waals surface area (Å²) in [5.41, 5.74) is 1.22. The highest BCUT2D eigenvalue weighted by Crippen LogP contribution is 2.20. The van der Waals surface area contributed by atoms with Crippen molar-refractivity contribution >= 4 is 22.5 Å². The molecule has 4 nitrogen and oxygen atoms in total. The molecule has 0 spiro atoms. The lowest BCUT2D eigenvalue weighted by molar-refractivity contribution is 0.0896. The molecule has 0 saturated carbocycles. The lowest BCUT2D eigenvalue weighted by Gasteiger charge is -2.05. The SMILES string of the molecule is CC(=O)c1cccc(OCC(=O)c2cc3ccccc3o2)c1. The van der Waals surface area contributed by atoms with Crippen LogP contribution in [0.15, 0.2) is 59.0 Å². The van der Waals surface area contributed by atoms with Gasteiger partial charge in [0.15, 0.2) is 18.2 Å². The van der Waals surface area contributed by atoms with Gasteiger partial charge in [-0.2, -0.15) is 0 Å². The highest BCUT2D eigenvalue weighted by Gasteiger charge is 2.13. The number of Topliss-reactive ketones (excluding diaryl/α,β-unsaturated/α-hetero) is 2. The van der Waals surface area contributed by atoms with E-state index < -0.39 is 0 Å². The van der Waals surface area contributed by atoms with E-state index >= 15 is 0 Å². The molecule has 0 fully saturated rings. The van der Waals surface area contributed by atoms with Crippen molar-refractivity contribution in [2.75, 3.05) is 6.61 Å². The van der Waals surface area contributed by atoms with Crippen LogP contribution in [-0.4, -0.2) is 18.2 Å². The number of ether oxygens (including phenoxy) is 1. The zero-order valence-electron chi connectivity index (χ0n) is 12.0. The number of hydrogen-bond donors (Lipinski definition) is 0. The van der Waals surface area contributed by atoms with E-state index in [-0.39, 0.29) is 23.9 Å². The van der Waals surface area contributed by atoms with Crippen molar-refractivity contribution in [1.82, 2.24) is 0 Å². The molecule has 0 saturated heterocycles. The van der Waals surface area contributed by atoms with Crippen LogP contribution in [0.2, 0.25) is 0 Å². The van der Waals surface area contributed by atoms with Gasteiger partial charge in [-0.15, -0.1) is 0 Å². The van der Waals surface area contributed by atoms with Gasteiger partial charge in [0.25, 0.3) is 0 Å². The van der Waals surface area contributed by atoms with E-state index in [0.29, 0.717) is 16.9 Å². The zero-order chi connectivity index (χ0) is 15.5. The number of benzene rings is 2. The van der Waals surface area contributed by atoms with E-state index in [1.165, 1.54) is 6.92 Å². The van der Waals surface area contributed by atoms with Gasteiger partial charge in [0.2, 0.25) is 5.78 Å². The smallest absolute Gasteiger partial charge is 0.235 e. The van der Waals surface area contributed by atoms with Crippen LogP contribution in [0.5, 0.6) is 5.75 Å². The molecule has 0 atom stereocenters. The van der Waals surface area contributed by atoms with Crippen molar-refractivity contribution in [2.24, 2.45) is 0 Å². The van der Waals surface area contributed by atoms with Crippen molar-refractivity contribution in [3.63, 3.8) is 0 Å². The maximum absolute atomic E-state index is 12.1. The van der Waals surface area contributed by atoms with Crippen LogP contribution in [0.1, 0.15) is 27.8 Å². The van der Waals surface area contributed by atoms with Gasteiger partial charge in [-0.25, -0.2) is 0 Å². The normalized spacial score (nSPS) is 10.6. The molecule has 3 rings (SSSR count). The van der Waals surface area contributed by atoms with Gasteiger partial charge in [-0.1, -0.05) is 30.3 Å². The average molecular weight is 294 g/mol. The summed E-state index contributed by atoms with van der Waals surface area (Å²) in [4.78, 5) is 23.4. The zero-order valence-corrected chi connectivity index (χ0v) is 12.0. The largest absolute Gasteiger partial charge is 0.485 e. The van der Waals surface area contributed by atoms with E-state index in [2.05, 4.69) is 0 Å². The first kappa shape index (κ1) is 14.1. The van der Waals surface area contributed by atoms with Crippen LogP contribution >= 0.6 is 0 Å². The van der Waals surface area contributed by atoms with Gasteiger partial charge >= 0.3 is 0 Å². The number of hydrogen-bond acceptors (Lipinski definition) is 4. The molecule has 0 unspecified atom stereocenters. The van der Waals surface area contributed by atoms with Crippen LogP contribution in [0.25, 0.3) is 11.0 Å². The molecular weight excluding hydrogens is 280 g/mol. The number of furan rings is 1. The predicted molar refractivity (Wildman–Crippen MR) is 82.5 cm³/mol. The Morgan fingerprint density at radius 3 is 2.64 bits per heavy atom. The minimum atomic E-state index is -0.246. The fourth-order valence-corrected chi connectivity index (χ4v) is 2.14. The summed E-state index contributed by atoms with van der Waals surface area (Å²) in [5, 5.41) is 0.879.